The van der Waals surface area contributed by atoms with Crippen LogP contribution in [0.5, 0.6) is 0 Å². The Morgan fingerprint density at radius 1 is 1.28 bits per heavy atom. The number of carbonyl (C=O) groups is 1. The molecule has 0 spiro atoms. The number of fused-ring (bicyclic) bond motifs is 2. The summed E-state index contributed by atoms with van der Waals surface area (Å²) in [5.74, 6) is 0. The maximum Gasteiger partial charge on any atom is 0.354 e. The molecule has 0 aromatic heterocycles. The SMILES string of the molecule is CN1C=C(S(N)(=O)=NC(=O)Nc2c3c(cc4c2CCC4)CCC3)OC1C(C)(C)O. The molecule has 2 amide bonds. The van der Waals surface area contributed by atoms with E-state index in [0.29, 0.717) is 0 Å². The van der Waals surface area contributed by atoms with Crippen LogP contribution in [0.4, 0.5) is 10.5 Å². The Morgan fingerprint density at radius 3 is 2.38 bits per heavy atom. The first-order valence-corrected chi connectivity index (χ1v) is 11.5. The van der Waals surface area contributed by atoms with Crippen molar-refractivity contribution in [1.82, 2.24) is 4.90 Å². The molecule has 0 radical (unpaired) electrons. The molecule has 4 N–H and O–H groups in total. The molecule has 0 saturated carbocycles. The lowest BCUT2D eigenvalue weighted by Gasteiger charge is -2.30. The number of hydrogen-bond acceptors (Lipinski definition) is 5. The van der Waals surface area contributed by atoms with Crippen molar-refractivity contribution in [3.63, 3.8) is 0 Å². The van der Waals surface area contributed by atoms with Crippen LogP contribution in [0.3, 0.4) is 0 Å². The summed E-state index contributed by atoms with van der Waals surface area (Å²) in [7, 11) is -1.92. The Morgan fingerprint density at radius 2 is 1.86 bits per heavy atom. The third kappa shape index (κ3) is 3.74. The van der Waals surface area contributed by atoms with Crippen molar-refractivity contribution in [3.8, 4) is 0 Å². The lowest BCUT2D eigenvalue weighted by molar-refractivity contribution is -0.0977. The van der Waals surface area contributed by atoms with Gasteiger partial charge in [0.05, 0.1) is 6.20 Å². The molecule has 3 aliphatic rings. The number of aryl methyl sites for hydroxylation is 2. The summed E-state index contributed by atoms with van der Waals surface area (Å²) in [5, 5.41) is 18.8. The highest BCUT2D eigenvalue weighted by molar-refractivity contribution is 7.95. The summed E-state index contributed by atoms with van der Waals surface area (Å²) in [6, 6.07) is 1.53. The van der Waals surface area contributed by atoms with Gasteiger partial charge < -0.3 is 20.1 Å². The highest BCUT2D eigenvalue weighted by Gasteiger charge is 2.39. The lowest BCUT2D eigenvalue weighted by Crippen LogP contribution is -2.44. The molecule has 4 rings (SSSR count). The molecule has 0 bridgehead atoms. The van der Waals surface area contributed by atoms with Crippen LogP contribution >= 0.6 is 0 Å². The van der Waals surface area contributed by atoms with Crippen LogP contribution in [-0.2, 0) is 40.3 Å². The van der Waals surface area contributed by atoms with Crippen LogP contribution in [0.15, 0.2) is 21.7 Å². The van der Waals surface area contributed by atoms with Gasteiger partial charge in [-0.15, -0.1) is 4.36 Å². The highest BCUT2D eigenvalue weighted by Crippen LogP contribution is 2.38. The van der Waals surface area contributed by atoms with Crippen molar-refractivity contribution in [2.24, 2.45) is 9.50 Å². The lowest BCUT2D eigenvalue weighted by atomic mass is 9.99. The van der Waals surface area contributed by atoms with Gasteiger partial charge in [0.25, 0.3) is 0 Å². The number of nitrogens with one attached hydrogen (secondary N) is 1. The number of aliphatic hydroxyl groups is 1. The molecule has 2 unspecified atom stereocenters. The Hall–Kier alpha value is -2.10. The van der Waals surface area contributed by atoms with E-state index in [9.17, 15) is 14.1 Å². The van der Waals surface area contributed by atoms with Gasteiger partial charge in [0.15, 0.2) is 9.92 Å². The number of nitrogens with two attached hydrogens (primary N) is 1. The zero-order chi connectivity index (χ0) is 21.0. The van der Waals surface area contributed by atoms with E-state index in [0.717, 1.165) is 55.3 Å². The minimum absolute atomic E-state index is 0.120. The summed E-state index contributed by atoms with van der Waals surface area (Å²) in [6.45, 7) is 3.15. The molecule has 1 aromatic rings. The molecular formula is C20H28N4O4S. The molecule has 0 saturated heterocycles. The standard InChI is InChI=1S/C20H28N4O4S/c1-20(2,26)18-24(3)11-16(28-18)29(21,27)23-19(25)22-17-14-8-4-6-12(14)10-13-7-5-9-15(13)17/h10-11,18,26H,4-9H2,1-3H3,(H3,21,22,23,25,27). The molecule has 2 aliphatic carbocycles. The van der Waals surface area contributed by atoms with Crippen molar-refractivity contribution in [1.29, 1.82) is 0 Å². The number of hydrogen-bond donors (Lipinski definition) is 3. The monoisotopic (exact) mass is 420 g/mol. The average molecular weight is 421 g/mol. The average Bonchev–Trinajstić information content (AvgIpc) is 3.31. The van der Waals surface area contributed by atoms with Gasteiger partial charge >= 0.3 is 6.03 Å². The van der Waals surface area contributed by atoms with Crippen LogP contribution in [-0.4, -0.2) is 39.1 Å². The Bertz CT molecular complexity index is 986. The van der Waals surface area contributed by atoms with E-state index in [1.165, 1.54) is 17.3 Å². The van der Waals surface area contributed by atoms with E-state index in [1.807, 2.05) is 0 Å². The quantitative estimate of drug-likeness (QED) is 0.694. The van der Waals surface area contributed by atoms with Crippen LogP contribution in [0.2, 0.25) is 0 Å². The van der Waals surface area contributed by atoms with E-state index < -0.39 is 27.8 Å². The number of anilines is 1. The van der Waals surface area contributed by atoms with Gasteiger partial charge in [-0.2, -0.15) is 0 Å². The predicted octanol–water partition coefficient (Wildman–Crippen LogP) is 2.40. The Balaban J connectivity index is 1.60. The minimum atomic E-state index is -3.58. The van der Waals surface area contributed by atoms with E-state index in [1.54, 1.807) is 25.8 Å². The topological polar surface area (TPSA) is 117 Å². The van der Waals surface area contributed by atoms with E-state index in [4.69, 9.17) is 9.88 Å². The molecule has 2 atom stereocenters. The minimum Gasteiger partial charge on any atom is -0.455 e. The van der Waals surface area contributed by atoms with Crippen LogP contribution < -0.4 is 10.5 Å². The molecule has 1 aromatic carbocycles. The molecule has 1 heterocycles. The number of benzene rings is 1. The van der Waals surface area contributed by atoms with Crippen molar-refractivity contribution in [2.45, 2.75) is 64.2 Å². The van der Waals surface area contributed by atoms with Gasteiger partial charge in [-0.1, -0.05) is 6.07 Å². The van der Waals surface area contributed by atoms with Crippen LogP contribution in [0.25, 0.3) is 0 Å². The number of carbonyl (C=O) groups excluding carboxylic acids is 1. The molecule has 29 heavy (non-hydrogen) atoms. The zero-order valence-corrected chi connectivity index (χ0v) is 17.8. The summed E-state index contributed by atoms with van der Waals surface area (Å²) in [6.07, 6.45) is 6.66. The van der Waals surface area contributed by atoms with Gasteiger partial charge in [-0.3, -0.25) is 0 Å². The molecule has 1 aliphatic heterocycles. The number of ether oxygens (including phenoxy) is 1. The second-order valence-corrected chi connectivity index (χ2v) is 10.3. The van der Waals surface area contributed by atoms with E-state index in [-0.39, 0.29) is 5.09 Å². The zero-order valence-electron chi connectivity index (χ0n) is 17.0. The van der Waals surface area contributed by atoms with Crippen LogP contribution in [0, 0.1) is 0 Å². The largest absolute Gasteiger partial charge is 0.455 e. The van der Waals surface area contributed by atoms with Gasteiger partial charge in [-0.05, 0) is 74.6 Å². The number of likely N-dealkylation sites (N-methyl/N-ethyl adjacent to an activating group) is 1. The fraction of sp³-hybridized carbons (Fsp3) is 0.550. The second-order valence-electron chi connectivity index (χ2n) is 8.56. The van der Waals surface area contributed by atoms with Crippen LogP contribution in [0.1, 0.15) is 48.9 Å². The predicted molar refractivity (Wildman–Crippen MR) is 111 cm³/mol. The van der Waals surface area contributed by atoms with Gasteiger partial charge in [0.1, 0.15) is 5.60 Å². The number of rotatable bonds is 3. The van der Waals surface area contributed by atoms with E-state index >= 15 is 0 Å². The summed E-state index contributed by atoms with van der Waals surface area (Å²) in [5.41, 5.74) is 4.50. The summed E-state index contributed by atoms with van der Waals surface area (Å²) >= 11 is 0. The Labute approximate surface area is 171 Å². The summed E-state index contributed by atoms with van der Waals surface area (Å²) in [4.78, 5) is 14.2. The van der Waals surface area contributed by atoms with Gasteiger partial charge in [0, 0.05) is 12.7 Å². The smallest absolute Gasteiger partial charge is 0.354 e. The van der Waals surface area contributed by atoms with Crippen molar-refractivity contribution in [2.75, 3.05) is 12.4 Å². The molecule has 8 nitrogen and oxygen atoms in total. The van der Waals surface area contributed by atoms with Crippen molar-refractivity contribution < 1.29 is 18.8 Å². The first-order valence-electron chi connectivity index (χ1n) is 9.91. The normalized spacial score (nSPS) is 22.4. The number of nitrogens with zero attached hydrogens (tertiary/aromatic N) is 2. The fourth-order valence-electron chi connectivity index (χ4n) is 4.51. The fourth-order valence-corrected chi connectivity index (χ4v) is 5.44. The van der Waals surface area contributed by atoms with Crippen molar-refractivity contribution >= 4 is 21.6 Å². The van der Waals surface area contributed by atoms with Gasteiger partial charge in [-0.25, -0.2) is 14.1 Å². The first-order chi connectivity index (χ1) is 13.6. The molecule has 0 fully saturated rings. The second kappa shape index (κ2) is 7.00. The summed E-state index contributed by atoms with van der Waals surface area (Å²) < 4.78 is 22.2. The molecule has 9 heteroatoms. The maximum absolute atomic E-state index is 12.9. The third-order valence-corrected chi connectivity index (χ3v) is 6.94. The first kappa shape index (κ1) is 20.2. The maximum atomic E-state index is 12.9. The Kier molecular flexibility index (Phi) is 4.87. The van der Waals surface area contributed by atoms with Gasteiger partial charge in [0.2, 0.25) is 11.3 Å². The third-order valence-electron chi connectivity index (χ3n) is 5.72. The molecule has 158 valence electrons. The number of urea groups is 1. The van der Waals surface area contributed by atoms with E-state index in [2.05, 4.69) is 15.7 Å². The molecular weight excluding hydrogens is 392 g/mol. The number of amides is 2. The van der Waals surface area contributed by atoms with Crippen molar-refractivity contribution in [3.05, 3.63) is 39.6 Å². The highest BCUT2D eigenvalue weighted by atomic mass is 32.2.